The van der Waals surface area contributed by atoms with Crippen LogP contribution in [0.4, 0.5) is 11.4 Å². The Kier molecular flexibility index (Phi) is 3.80. The Labute approximate surface area is 95.6 Å². The zero-order valence-electron chi connectivity index (χ0n) is 7.94. The number of nitrogens with one attached hydrogen (secondary N) is 1. The van der Waals surface area contributed by atoms with Crippen molar-refractivity contribution in [3.05, 3.63) is 33.3 Å². The maximum atomic E-state index is 11.1. The molecule has 0 fully saturated rings. The van der Waals surface area contributed by atoms with Gasteiger partial charge in [0.05, 0.1) is 21.7 Å². The molecule has 0 radical (unpaired) electrons. The Balaban J connectivity index is 2.95. The van der Waals surface area contributed by atoms with Gasteiger partial charge in [-0.15, -0.1) is 0 Å². The maximum Gasteiger partial charge on any atom is 0.271 e. The molecule has 0 aromatic heterocycles. The van der Waals surface area contributed by atoms with E-state index < -0.39 is 10.8 Å². The second-order valence-corrected chi connectivity index (χ2v) is 3.21. The van der Waals surface area contributed by atoms with Gasteiger partial charge >= 0.3 is 0 Å². The molecular weight excluding hydrogens is 234 g/mol. The highest BCUT2D eigenvalue weighted by atomic mass is 35.5. The summed E-state index contributed by atoms with van der Waals surface area (Å²) in [6, 6.07) is 5.32. The quantitative estimate of drug-likeness (QED) is 0.645. The average Bonchev–Trinajstić information content (AvgIpc) is 2.21. The molecule has 0 bridgehead atoms. The molecule has 0 saturated carbocycles. The lowest BCUT2D eigenvalue weighted by Gasteiger charge is -2.04. The highest BCUT2D eigenvalue weighted by Crippen LogP contribution is 2.26. The summed E-state index contributed by atoms with van der Waals surface area (Å²) in [6.07, 6.45) is -0.334. The predicted molar refractivity (Wildman–Crippen MR) is 57.0 cm³/mol. The average molecular weight is 240 g/mol. The second-order valence-electron chi connectivity index (χ2n) is 2.80. The molecule has 1 aromatic carbocycles. The van der Waals surface area contributed by atoms with Crippen molar-refractivity contribution in [2.24, 2.45) is 0 Å². The second kappa shape index (κ2) is 5.09. The van der Waals surface area contributed by atoms with Crippen molar-refractivity contribution in [3.63, 3.8) is 0 Å². The van der Waals surface area contributed by atoms with Crippen LogP contribution in [0.15, 0.2) is 18.2 Å². The van der Waals surface area contributed by atoms with Crippen molar-refractivity contribution in [1.29, 1.82) is 5.26 Å². The van der Waals surface area contributed by atoms with Gasteiger partial charge in [0, 0.05) is 12.1 Å². The number of nitro groups is 1. The molecule has 0 aliphatic rings. The molecule has 7 heteroatoms. The topological polar surface area (TPSA) is 96.0 Å². The molecule has 0 heterocycles. The standard InChI is InChI=1S/C9H6ClN3O3/c10-7-2-1-6(13(15)16)5-8(7)12-9(14)3-4-11/h1-2,5H,3H2,(H,12,14). The van der Waals surface area contributed by atoms with Gasteiger partial charge < -0.3 is 5.32 Å². The Morgan fingerprint density at radius 1 is 1.62 bits per heavy atom. The third-order valence-corrected chi connectivity index (χ3v) is 2.00. The van der Waals surface area contributed by atoms with Gasteiger partial charge in [-0.2, -0.15) is 5.26 Å². The van der Waals surface area contributed by atoms with E-state index in [1.54, 1.807) is 6.07 Å². The Morgan fingerprint density at radius 2 is 2.31 bits per heavy atom. The molecule has 82 valence electrons. The highest BCUT2D eigenvalue weighted by molar-refractivity contribution is 6.33. The van der Waals surface area contributed by atoms with E-state index in [-0.39, 0.29) is 22.8 Å². The first-order valence-electron chi connectivity index (χ1n) is 4.15. The molecule has 0 aliphatic heterocycles. The number of nitriles is 1. The van der Waals surface area contributed by atoms with Gasteiger partial charge in [0.25, 0.3) is 5.69 Å². The van der Waals surface area contributed by atoms with Crippen molar-refractivity contribution in [2.45, 2.75) is 6.42 Å². The summed E-state index contributed by atoms with van der Waals surface area (Å²) in [6.45, 7) is 0. The van der Waals surface area contributed by atoms with Crippen molar-refractivity contribution >= 4 is 28.9 Å². The van der Waals surface area contributed by atoms with Crippen LogP contribution in [0.2, 0.25) is 5.02 Å². The van der Waals surface area contributed by atoms with Gasteiger partial charge in [0.15, 0.2) is 0 Å². The number of nitrogens with zero attached hydrogens (tertiary/aromatic N) is 2. The van der Waals surface area contributed by atoms with Crippen molar-refractivity contribution < 1.29 is 9.72 Å². The molecule has 0 atom stereocenters. The minimum Gasteiger partial charge on any atom is -0.324 e. The smallest absolute Gasteiger partial charge is 0.271 e. The lowest BCUT2D eigenvalue weighted by molar-refractivity contribution is -0.384. The summed E-state index contributed by atoms with van der Waals surface area (Å²) in [4.78, 5) is 21.0. The number of halogens is 1. The first kappa shape index (κ1) is 11.9. The lowest BCUT2D eigenvalue weighted by Crippen LogP contribution is -2.10. The number of carbonyl (C=O) groups is 1. The molecule has 1 amide bonds. The van der Waals surface area contributed by atoms with Gasteiger partial charge in [-0.25, -0.2) is 0 Å². The van der Waals surface area contributed by atoms with Crippen LogP contribution in [-0.2, 0) is 4.79 Å². The van der Waals surface area contributed by atoms with Crippen LogP contribution >= 0.6 is 11.6 Å². The van der Waals surface area contributed by atoms with Crippen molar-refractivity contribution in [2.75, 3.05) is 5.32 Å². The van der Waals surface area contributed by atoms with E-state index in [2.05, 4.69) is 5.32 Å². The van der Waals surface area contributed by atoms with Crippen molar-refractivity contribution in [3.8, 4) is 6.07 Å². The van der Waals surface area contributed by atoms with E-state index in [0.29, 0.717) is 0 Å². The Bertz CT molecular complexity index is 481. The van der Waals surface area contributed by atoms with E-state index in [9.17, 15) is 14.9 Å². The number of carbonyl (C=O) groups excluding carboxylic acids is 1. The SMILES string of the molecule is N#CCC(=O)Nc1cc([N+](=O)[O-])ccc1Cl. The summed E-state index contributed by atoms with van der Waals surface area (Å²) >= 11 is 5.72. The van der Waals surface area contributed by atoms with Crippen LogP contribution in [0, 0.1) is 21.4 Å². The van der Waals surface area contributed by atoms with E-state index >= 15 is 0 Å². The van der Waals surface area contributed by atoms with Gasteiger partial charge in [-0.3, -0.25) is 14.9 Å². The maximum absolute atomic E-state index is 11.1. The van der Waals surface area contributed by atoms with E-state index in [0.717, 1.165) is 6.07 Å². The van der Waals surface area contributed by atoms with Gasteiger partial charge in [-0.05, 0) is 6.07 Å². The van der Waals surface area contributed by atoms with Crippen molar-refractivity contribution in [1.82, 2.24) is 0 Å². The molecule has 1 aromatic rings. The number of hydrogen-bond donors (Lipinski definition) is 1. The number of anilines is 1. The largest absolute Gasteiger partial charge is 0.324 e. The normalized spacial score (nSPS) is 9.25. The van der Waals surface area contributed by atoms with Crippen LogP contribution in [-0.4, -0.2) is 10.8 Å². The summed E-state index contributed by atoms with van der Waals surface area (Å²) in [5.41, 5.74) is -0.0622. The van der Waals surface area contributed by atoms with Crippen LogP contribution in [0.25, 0.3) is 0 Å². The fourth-order valence-corrected chi connectivity index (χ4v) is 1.15. The molecule has 1 rings (SSSR count). The summed E-state index contributed by atoms with van der Waals surface area (Å²) in [5, 5.41) is 21.2. The number of hydrogen-bond acceptors (Lipinski definition) is 4. The number of benzene rings is 1. The Hall–Kier alpha value is -2.13. The van der Waals surface area contributed by atoms with Crippen LogP contribution in [0.3, 0.4) is 0 Å². The highest BCUT2D eigenvalue weighted by Gasteiger charge is 2.11. The van der Waals surface area contributed by atoms with E-state index in [1.165, 1.54) is 12.1 Å². The monoisotopic (exact) mass is 239 g/mol. The lowest BCUT2D eigenvalue weighted by atomic mass is 10.2. The minimum atomic E-state index is -0.601. The summed E-state index contributed by atoms with van der Waals surface area (Å²) in [7, 11) is 0. The summed E-state index contributed by atoms with van der Waals surface area (Å²) in [5.74, 6) is -0.565. The molecule has 1 N–H and O–H groups in total. The number of amides is 1. The zero-order valence-corrected chi connectivity index (χ0v) is 8.69. The van der Waals surface area contributed by atoms with Gasteiger partial charge in [-0.1, -0.05) is 11.6 Å². The van der Waals surface area contributed by atoms with Crippen LogP contribution < -0.4 is 5.32 Å². The zero-order chi connectivity index (χ0) is 12.1. The van der Waals surface area contributed by atoms with Crippen LogP contribution in [0.5, 0.6) is 0 Å². The molecule has 0 aliphatic carbocycles. The van der Waals surface area contributed by atoms with E-state index in [1.807, 2.05) is 0 Å². The Morgan fingerprint density at radius 3 is 2.88 bits per heavy atom. The first-order valence-corrected chi connectivity index (χ1v) is 4.53. The molecule has 0 spiro atoms. The minimum absolute atomic E-state index is 0.121. The van der Waals surface area contributed by atoms with Crippen LogP contribution in [0.1, 0.15) is 6.42 Å². The molecular formula is C9H6ClN3O3. The predicted octanol–water partition coefficient (Wildman–Crippen LogP) is 2.10. The number of rotatable bonds is 3. The first-order chi connectivity index (χ1) is 7.54. The third kappa shape index (κ3) is 2.93. The molecule has 0 saturated heterocycles. The fourth-order valence-electron chi connectivity index (χ4n) is 0.989. The summed E-state index contributed by atoms with van der Waals surface area (Å²) < 4.78 is 0. The number of nitro benzene ring substituents is 1. The third-order valence-electron chi connectivity index (χ3n) is 1.67. The number of non-ortho nitro benzene ring substituents is 1. The van der Waals surface area contributed by atoms with Gasteiger partial charge in [0.1, 0.15) is 6.42 Å². The molecule has 0 unspecified atom stereocenters. The van der Waals surface area contributed by atoms with Gasteiger partial charge in [0.2, 0.25) is 5.91 Å². The van der Waals surface area contributed by atoms with E-state index in [4.69, 9.17) is 16.9 Å². The molecule has 6 nitrogen and oxygen atoms in total. The fraction of sp³-hybridized carbons (Fsp3) is 0.111. The molecule has 16 heavy (non-hydrogen) atoms.